The Bertz CT molecular complexity index is 687. The standard InChI is InChI=1S/C15H14Br2N2O2/c1-19(2)15(20)11-5-4-10(18)8-14(11)21-13-6-3-9(16)7-12(13)17/h3-8H,18H2,1-2H3. The maximum Gasteiger partial charge on any atom is 0.257 e. The molecule has 0 bridgehead atoms. The van der Waals surface area contributed by atoms with Crippen LogP contribution in [-0.4, -0.2) is 24.9 Å². The molecule has 21 heavy (non-hydrogen) atoms. The fourth-order valence-corrected chi connectivity index (χ4v) is 2.85. The minimum absolute atomic E-state index is 0.141. The lowest BCUT2D eigenvalue weighted by Gasteiger charge is -2.16. The predicted molar refractivity (Wildman–Crippen MR) is 90.8 cm³/mol. The lowest BCUT2D eigenvalue weighted by atomic mass is 10.1. The van der Waals surface area contributed by atoms with E-state index >= 15 is 0 Å². The van der Waals surface area contributed by atoms with E-state index < -0.39 is 0 Å². The number of carbonyl (C=O) groups excluding carboxylic acids is 1. The monoisotopic (exact) mass is 412 g/mol. The number of halogens is 2. The molecule has 0 aliphatic rings. The van der Waals surface area contributed by atoms with Gasteiger partial charge in [0.25, 0.3) is 5.91 Å². The quantitative estimate of drug-likeness (QED) is 0.763. The number of carbonyl (C=O) groups is 1. The van der Waals surface area contributed by atoms with Crippen molar-refractivity contribution in [3.63, 3.8) is 0 Å². The van der Waals surface area contributed by atoms with Gasteiger partial charge in [-0.2, -0.15) is 0 Å². The highest BCUT2D eigenvalue weighted by Crippen LogP contribution is 2.34. The maximum absolute atomic E-state index is 12.2. The minimum atomic E-state index is -0.141. The summed E-state index contributed by atoms with van der Waals surface area (Å²) in [6.45, 7) is 0. The van der Waals surface area contributed by atoms with Crippen LogP contribution < -0.4 is 10.5 Å². The molecule has 0 aliphatic heterocycles. The fraction of sp³-hybridized carbons (Fsp3) is 0.133. The highest BCUT2D eigenvalue weighted by atomic mass is 79.9. The second-order valence-electron chi connectivity index (χ2n) is 4.63. The molecule has 6 heteroatoms. The first kappa shape index (κ1) is 15.9. The molecule has 0 saturated carbocycles. The van der Waals surface area contributed by atoms with Gasteiger partial charge in [-0.1, -0.05) is 15.9 Å². The highest BCUT2D eigenvalue weighted by Gasteiger charge is 2.16. The van der Waals surface area contributed by atoms with Crippen LogP contribution in [0.4, 0.5) is 5.69 Å². The van der Waals surface area contributed by atoms with E-state index in [4.69, 9.17) is 10.5 Å². The van der Waals surface area contributed by atoms with E-state index in [0.717, 1.165) is 8.95 Å². The summed E-state index contributed by atoms with van der Waals surface area (Å²) in [5, 5.41) is 0. The number of nitrogen functional groups attached to an aromatic ring is 1. The highest BCUT2D eigenvalue weighted by molar-refractivity contribution is 9.11. The molecule has 0 unspecified atom stereocenters. The van der Waals surface area contributed by atoms with Crippen molar-refractivity contribution < 1.29 is 9.53 Å². The van der Waals surface area contributed by atoms with Crippen molar-refractivity contribution in [1.29, 1.82) is 0 Å². The first-order chi connectivity index (χ1) is 9.88. The topological polar surface area (TPSA) is 55.6 Å². The molecule has 0 spiro atoms. The number of ether oxygens (including phenoxy) is 1. The number of hydrogen-bond acceptors (Lipinski definition) is 3. The summed E-state index contributed by atoms with van der Waals surface area (Å²) < 4.78 is 7.56. The maximum atomic E-state index is 12.2. The Morgan fingerprint density at radius 3 is 2.43 bits per heavy atom. The van der Waals surface area contributed by atoms with Crippen molar-refractivity contribution in [2.24, 2.45) is 0 Å². The van der Waals surface area contributed by atoms with Gasteiger partial charge >= 0.3 is 0 Å². The van der Waals surface area contributed by atoms with Crippen molar-refractivity contribution in [1.82, 2.24) is 4.90 Å². The van der Waals surface area contributed by atoms with Crippen LogP contribution in [0.3, 0.4) is 0 Å². The molecule has 0 aliphatic carbocycles. The molecular formula is C15H14Br2N2O2. The van der Waals surface area contributed by atoms with Gasteiger partial charge < -0.3 is 15.4 Å². The molecule has 0 fully saturated rings. The van der Waals surface area contributed by atoms with E-state index in [0.29, 0.717) is 22.7 Å². The van der Waals surface area contributed by atoms with Crippen molar-refractivity contribution in [3.8, 4) is 11.5 Å². The molecule has 0 heterocycles. The third-order valence-electron chi connectivity index (χ3n) is 2.76. The largest absolute Gasteiger partial charge is 0.455 e. The van der Waals surface area contributed by atoms with Gasteiger partial charge in [-0.3, -0.25) is 4.79 Å². The Labute approximate surface area is 140 Å². The number of hydrogen-bond donors (Lipinski definition) is 1. The van der Waals surface area contributed by atoms with Crippen LogP contribution in [0.2, 0.25) is 0 Å². The van der Waals surface area contributed by atoms with Crippen molar-refractivity contribution >= 4 is 43.5 Å². The zero-order valence-corrected chi connectivity index (χ0v) is 14.7. The molecule has 4 nitrogen and oxygen atoms in total. The van der Waals surface area contributed by atoms with E-state index in [1.54, 1.807) is 38.4 Å². The Morgan fingerprint density at radius 2 is 1.81 bits per heavy atom. The van der Waals surface area contributed by atoms with E-state index in [9.17, 15) is 4.79 Å². The molecule has 0 saturated heterocycles. The molecule has 2 aromatic carbocycles. The number of nitrogens with two attached hydrogens (primary N) is 1. The Hall–Kier alpha value is -1.53. The van der Waals surface area contributed by atoms with E-state index in [1.165, 1.54) is 4.90 Å². The summed E-state index contributed by atoms with van der Waals surface area (Å²) in [7, 11) is 3.38. The first-order valence-corrected chi connectivity index (χ1v) is 7.71. The summed E-state index contributed by atoms with van der Waals surface area (Å²) in [6, 6.07) is 10.5. The number of amides is 1. The normalized spacial score (nSPS) is 10.3. The molecule has 0 radical (unpaired) electrons. The zero-order chi connectivity index (χ0) is 15.6. The molecule has 2 rings (SSSR count). The molecule has 0 atom stereocenters. The Morgan fingerprint density at radius 1 is 1.10 bits per heavy atom. The van der Waals surface area contributed by atoms with Crippen LogP contribution in [0.1, 0.15) is 10.4 Å². The van der Waals surface area contributed by atoms with Crippen LogP contribution >= 0.6 is 31.9 Å². The van der Waals surface area contributed by atoms with Crippen molar-refractivity contribution in [3.05, 3.63) is 50.9 Å². The average Bonchev–Trinajstić information content (AvgIpc) is 2.41. The molecule has 2 aromatic rings. The average molecular weight is 414 g/mol. The van der Waals surface area contributed by atoms with E-state index in [1.807, 2.05) is 12.1 Å². The number of anilines is 1. The summed E-state index contributed by atoms with van der Waals surface area (Å²) in [5.74, 6) is 0.895. The SMILES string of the molecule is CN(C)C(=O)c1ccc(N)cc1Oc1ccc(Br)cc1Br. The minimum Gasteiger partial charge on any atom is -0.455 e. The summed E-state index contributed by atoms with van der Waals surface area (Å²) in [5.41, 5.74) is 6.79. The third-order valence-corrected chi connectivity index (χ3v) is 3.87. The van der Waals surface area contributed by atoms with Gasteiger partial charge in [-0.25, -0.2) is 0 Å². The Kier molecular flexibility index (Phi) is 4.90. The van der Waals surface area contributed by atoms with Gasteiger partial charge in [0.15, 0.2) is 0 Å². The van der Waals surface area contributed by atoms with Gasteiger partial charge in [0.1, 0.15) is 11.5 Å². The van der Waals surface area contributed by atoms with Gasteiger partial charge in [0.05, 0.1) is 10.0 Å². The summed E-state index contributed by atoms with van der Waals surface area (Å²) in [6.07, 6.45) is 0. The summed E-state index contributed by atoms with van der Waals surface area (Å²) >= 11 is 6.82. The van der Waals surface area contributed by atoms with Gasteiger partial charge in [-0.15, -0.1) is 0 Å². The Balaban J connectivity index is 2.43. The lowest BCUT2D eigenvalue weighted by Crippen LogP contribution is -2.22. The second kappa shape index (κ2) is 6.49. The van der Waals surface area contributed by atoms with Gasteiger partial charge in [0.2, 0.25) is 0 Å². The zero-order valence-electron chi connectivity index (χ0n) is 11.6. The van der Waals surface area contributed by atoms with Gasteiger partial charge in [0, 0.05) is 30.3 Å². The molecule has 1 amide bonds. The van der Waals surface area contributed by atoms with Crippen LogP contribution in [0.5, 0.6) is 11.5 Å². The van der Waals surface area contributed by atoms with Crippen molar-refractivity contribution in [2.75, 3.05) is 19.8 Å². The number of rotatable bonds is 3. The van der Waals surface area contributed by atoms with Crippen LogP contribution in [0.15, 0.2) is 45.3 Å². The summed E-state index contributed by atoms with van der Waals surface area (Å²) in [4.78, 5) is 13.7. The number of nitrogens with zero attached hydrogens (tertiary/aromatic N) is 1. The third kappa shape index (κ3) is 3.77. The van der Waals surface area contributed by atoms with E-state index in [2.05, 4.69) is 31.9 Å². The lowest BCUT2D eigenvalue weighted by molar-refractivity contribution is 0.0825. The smallest absolute Gasteiger partial charge is 0.257 e. The fourth-order valence-electron chi connectivity index (χ4n) is 1.72. The molecule has 2 N–H and O–H groups in total. The molecular weight excluding hydrogens is 400 g/mol. The predicted octanol–water partition coefficient (Wildman–Crippen LogP) is 4.29. The first-order valence-electron chi connectivity index (χ1n) is 6.12. The van der Waals surface area contributed by atoms with Crippen LogP contribution in [-0.2, 0) is 0 Å². The second-order valence-corrected chi connectivity index (χ2v) is 6.40. The van der Waals surface area contributed by atoms with Gasteiger partial charge in [-0.05, 0) is 46.3 Å². The molecule has 0 aromatic heterocycles. The van der Waals surface area contributed by atoms with Crippen LogP contribution in [0, 0.1) is 0 Å². The van der Waals surface area contributed by atoms with E-state index in [-0.39, 0.29) is 5.91 Å². The molecule has 110 valence electrons. The van der Waals surface area contributed by atoms with Crippen LogP contribution in [0.25, 0.3) is 0 Å². The van der Waals surface area contributed by atoms with Crippen molar-refractivity contribution in [2.45, 2.75) is 0 Å². The number of benzene rings is 2.